The maximum atomic E-state index is 12.9. The molecule has 0 aliphatic carbocycles. The van der Waals surface area contributed by atoms with Crippen molar-refractivity contribution in [3.05, 3.63) is 58.1 Å². The number of ether oxygens (including phenoxy) is 1. The van der Waals surface area contributed by atoms with Crippen LogP contribution in [-0.2, 0) is 12.7 Å². The lowest BCUT2D eigenvalue weighted by Crippen LogP contribution is -2.10. The molecule has 2 nitrogen and oxygen atoms in total. The Kier molecular flexibility index (Phi) is 4.77. The molecule has 0 amide bonds. The van der Waals surface area contributed by atoms with Crippen molar-refractivity contribution in [3.63, 3.8) is 0 Å². The maximum Gasteiger partial charge on any atom is 0.418 e. The van der Waals surface area contributed by atoms with Gasteiger partial charge in [-0.15, -0.1) is 0 Å². The number of rotatable bonds is 4. The highest BCUT2D eigenvalue weighted by Crippen LogP contribution is 2.35. The van der Waals surface area contributed by atoms with Gasteiger partial charge in [0.1, 0.15) is 5.75 Å². The van der Waals surface area contributed by atoms with E-state index in [0.717, 1.165) is 16.1 Å². The molecule has 0 radical (unpaired) electrons. The molecule has 6 heteroatoms. The summed E-state index contributed by atoms with van der Waals surface area (Å²) in [5, 5.41) is 2.82. The summed E-state index contributed by atoms with van der Waals surface area (Å²) in [6.07, 6.45) is -4.37. The molecule has 0 fully saturated rings. The molecule has 2 aromatic carbocycles. The highest BCUT2D eigenvalue weighted by atomic mass is 79.9. The topological polar surface area (TPSA) is 21.3 Å². The Morgan fingerprint density at radius 3 is 2.48 bits per heavy atom. The van der Waals surface area contributed by atoms with Gasteiger partial charge in [-0.2, -0.15) is 13.2 Å². The Morgan fingerprint density at radius 2 is 1.86 bits per heavy atom. The lowest BCUT2D eigenvalue weighted by molar-refractivity contribution is -0.136. The van der Waals surface area contributed by atoms with Gasteiger partial charge >= 0.3 is 6.18 Å². The summed E-state index contributed by atoms with van der Waals surface area (Å²) < 4.78 is 44.5. The van der Waals surface area contributed by atoms with Crippen LogP contribution in [0.3, 0.4) is 0 Å². The van der Waals surface area contributed by atoms with Crippen molar-refractivity contribution in [2.24, 2.45) is 0 Å². The van der Waals surface area contributed by atoms with E-state index >= 15 is 0 Å². The second-order valence-electron chi connectivity index (χ2n) is 4.37. The first-order valence-electron chi connectivity index (χ1n) is 6.14. The van der Waals surface area contributed by atoms with E-state index in [0.29, 0.717) is 5.75 Å². The van der Waals surface area contributed by atoms with Gasteiger partial charge in [-0.25, -0.2) is 0 Å². The first-order chi connectivity index (χ1) is 9.91. The molecule has 0 saturated carbocycles. The molecule has 0 saturated heterocycles. The number of benzene rings is 2. The number of hydrogen-bond acceptors (Lipinski definition) is 2. The number of hydrogen-bond donors (Lipinski definition) is 1. The molecule has 2 aromatic rings. The van der Waals surface area contributed by atoms with Crippen molar-refractivity contribution in [1.82, 2.24) is 0 Å². The minimum atomic E-state index is -4.37. The summed E-state index contributed by atoms with van der Waals surface area (Å²) in [4.78, 5) is 0. The Bertz CT molecular complexity index is 629. The summed E-state index contributed by atoms with van der Waals surface area (Å²) in [5.74, 6) is 0.675. The lowest BCUT2D eigenvalue weighted by atomic mass is 10.1. The summed E-state index contributed by atoms with van der Waals surface area (Å²) in [7, 11) is 1.55. The second kappa shape index (κ2) is 6.39. The predicted octanol–water partition coefficient (Wildman–Crippen LogP) is 5.09. The van der Waals surface area contributed by atoms with Crippen molar-refractivity contribution in [2.75, 3.05) is 12.4 Å². The van der Waals surface area contributed by atoms with Gasteiger partial charge in [-0.1, -0.05) is 18.2 Å². The largest absolute Gasteiger partial charge is 0.496 e. The summed E-state index contributed by atoms with van der Waals surface area (Å²) in [6, 6.07) is 10.8. The zero-order chi connectivity index (χ0) is 15.5. The molecule has 0 heterocycles. The van der Waals surface area contributed by atoms with Gasteiger partial charge in [-0.3, -0.25) is 0 Å². The minimum Gasteiger partial charge on any atom is -0.496 e. The fourth-order valence-corrected chi connectivity index (χ4v) is 2.49. The van der Waals surface area contributed by atoms with Crippen LogP contribution in [-0.4, -0.2) is 7.11 Å². The fraction of sp³-hybridized carbons (Fsp3) is 0.200. The Morgan fingerprint density at radius 1 is 1.14 bits per heavy atom. The number of anilines is 1. The molecule has 0 bridgehead atoms. The van der Waals surface area contributed by atoms with Gasteiger partial charge in [0.15, 0.2) is 0 Å². The molecular weight excluding hydrogens is 347 g/mol. The molecule has 0 spiro atoms. The first kappa shape index (κ1) is 15.7. The first-order valence-corrected chi connectivity index (χ1v) is 6.93. The number of halogens is 4. The monoisotopic (exact) mass is 359 g/mol. The maximum absolute atomic E-state index is 12.9. The molecule has 0 aromatic heterocycles. The Labute approximate surface area is 129 Å². The van der Waals surface area contributed by atoms with E-state index in [-0.39, 0.29) is 12.2 Å². The smallest absolute Gasteiger partial charge is 0.418 e. The van der Waals surface area contributed by atoms with Crippen molar-refractivity contribution < 1.29 is 17.9 Å². The molecule has 0 atom stereocenters. The van der Waals surface area contributed by atoms with Gasteiger partial charge in [0.25, 0.3) is 0 Å². The zero-order valence-corrected chi connectivity index (χ0v) is 12.8. The molecule has 0 unspecified atom stereocenters. The molecule has 21 heavy (non-hydrogen) atoms. The normalized spacial score (nSPS) is 11.3. The number of nitrogens with one attached hydrogen (secondary N) is 1. The Balaban J connectivity index is 2.15. The zero-order valence-electron chi connectivity index (χ0n) is 11.2. The van der Waals surface area contributed by atoms with E-state index < -0.39 is 11.7 Å². The highest BCUT2D eigenvalue weighted by molar-refractivity contribution is 9.10. The summed E-state index contributed by atoms with van der Waals surface area (Å²) in [5.41, 5.74) is 0.245. The van der Waals surface area contributed by atoms with E-state index in [1.807, 2.05) is 6.07 Å². The number of alkyl halides is 3. The average Bonchev–Trinajstić information content (AvgIpc) is 2.44. The third-order valence-corrected chi connectivity index (χ3v) is 3.55. The second-order valence-corrected chi connectivity index (χ2v) is 5.22. The summed E-state index contributed by atoms with van der Waals surface area (Å²) in [6.45, 7) is 0.287. The molecule has 0 aliphatic rings. The van der Waals surface area contributed by atoms with Crippen molar-refractivity contribution in [3.8, 4) is 5.75 Å². The van der Waals surface area contributed by atoms with Crippen LogP contribution in [0.25, 0.3) is 0 Å². The van der Waals surface area contributed by atoms with E-state index in [9.17, 15) is 13.2 Å². The number of methoxy groups -OCH3 is 1. The van der Waals surface area contributed by atoms with Gasteiger partial charge in [0, 0.05) is 12.2 Å². The van der Waals surface area contributed by atoms with Gasteiger partial charge in [0.2, 0.25) is 0 Å². The third-order valence-electron chi connectivity index (χ3n) is 2.93. The SMILES string of the molecule is COc1ccc(CNc2ccccc2C(F)(F)F)cc1Br. The molecular formula is C15H13BrF3NO. The van der Waals surface area contributed by atoms with Crippen LogP contribution in [0.15, 0.2) is 46.9 Å². The van der Waals surface area contributed by atoms with Crippen LogP contribution in [0.2, 0.25) is 0 Å². The van der Waals surface area contributed by atoms with Gasteiger partial charge < -0.3 is 10.1 Å². The van der Waals surface area contributed by atoms with Crippen LogP contribution >= 0.6 is 15.9 Å². The standard InChI is InChI=1S/C15H13BrF3NO/c1-21-14-7-6-10(8-12(14)16)9-20-13-5-3-2-4-11(13)15(17,18)19/h2-8,20H,9H2,1H3. The average molecular weight is 360 g/mol. The van der Waals surface area contributed by atoms with E-state index in [4.69, 9.17) is 4.74 Å². The van der Waals surface area contributed by atoms with Crippen molar-refractivity contribution >= 4 is 21.6 Å². The van der Waals surface area contributed by atoms with E-state index in [2.05, 4.69) is 21.2 Å². The van der Waals surface area contributed by atoms with Crippen LogP contribution in [0.1, 0.15) is 11.1 Å². The quantitative estimate of drug-likeness (QED) is 0.820. The molecule has 2 rings (SSSR count). The van der Waals surface area contributed by atoms with Gasteiger partial charge in [-0.05, 0) is 45.8 Å². The minimum absolute atomic E-state index is 0.0666. The predicted molar refractivity (Wildman–Crippen MR) is 79.5 cm³/mol. The van der Waals surface area contributed by atoms with Crippen LogP contribution < -0.4 is 10.1 Å². The molecule has 112 valence electrons. The molecule has 0 aliphatic heterocycles. The molecule has 1 N–H and O–H groups in total. The summed E-state index contributed by atoms with van der Waals surface area (Å²) >= 11 is 3.35. The van der Waals surface area contributed by atoms with Crippen molar-refractivity contribution in [1.29, 1.82) is 0 Å². The fourth-order valence-electron chi connectivity index (χ4n) is 1.90. The number of para-hydroxylation sites is 1. The van der Waals surface area contributed by atoms with Crippen LogP contribution in [0, 0.1) is 0 Å². The lowest BCUT2D eigenvalue weighted by Gasteiger charge is -2.14. The van der Waals surface area contributed by atoms with Crippen LogP contribution in [0.5, 0.6) is 5.75 Å². The highest BCUT2D eigenvalue weighted by Gasteiger charge is 2.32. The Hall–Kier alpha value is -1.69. The van der Waals surface area contributed by atoms with E-state index in [1.165, 1.54) is 12.1 Å². The van der Waals surface area contributed by atoms with E-state index in [1.54, 1.807) is 25.3 Å². The van der Waals surface area contributed by atoms with Crippen molar-refractivity contribution in [2.45, 2.75) is 12.7 Å². The van der Waals surface area contributed by atoms with Gasteiger partial charge in [0.05, 0.1) is 17.1 Å². The van der Waals surface area contributed by atoms with Crippen LogP contribution in [0.4, 0.5) is 18.9 Å². The third kappa shape index (κ3) is 3.91.